The first kappa shape index (κ1) is 9.23. The van der Waals surface area contributed by atoms with E-state index in [-0.39, 0.29) is 5.41 Å². The highest BCUT2D eigenvalue weighted by Crippen LogP contribution is 2.69. The van der Waals surface area contributed by atoms with Crippen LogP contribution in [-0.4, -0.2) is 18.1 Å². The fourth-order valence-corrected chi connectivity index (χ4v) is 7.92. The van der Waals surface area contributed by atoms with Gasteiger partial charge in [-0.15, -0.1) is 6.42 Å². The molecule has 0 saturated carbocycles. The monoisotopic (exact) mass is 188 g/mol. The van der Waals surface area contributed by atoms with Gasteiger partial charge in [0.1, 0.15) is 6.34 Å². The minimum absolute atomic E-state index is 0.144. The second-order valence-corrected chi connectivity index (χ2v) is 9.69. The molecule has 0 radical (unpaired) electrons. The van der Waals surface area contributed by atoms with Crippen LogP contribution in [0.1, 0.15) is 13.8 Å². The molecule has 0 aromatic heterocycles. The van der Waals surface area contributed by atoms with Gasteiger partial charge in [0.05, 0.1) is 0 Å². The lowest BCUT2D eigenvalue weighted by molar-refractivity contribution is 0.506. The average Bonchev–Trinajstić information content (AvgIpc) is 2.03. The molecule has 0 aromatic rings. The lowest BCUT2D eigenvalue weighted by Crippen LogP contribution is -2.23. The Balaban J connectivity index is 2.93. The maximum atomic E-state index is 11.7. The van der Waals surface area contributed by atoms with Gasteiger partial charge in [-0.25, -0.2) is 0 Å². The van der Waals surface area contributed by atoms with Crippen molar-refractivity contribution in [2.24, 2.45) is 5.41 Å². The Hall–Kier alpha value is 0.140. The third-order valence-electron chi connectivity index (χ3n) is 2.22. The van der Waals surface area contributed by atoms with Crippen molar-refractivity contribution in [2.75, 3.05) is 12.8 Å². The van der Waals surface area contributed by atoms with Crippen LogP contribution in [-0.2, 0) is 4.57 Å². The Labute approximate surface area is 72.4 Å². The van der Waals surface area contributed by atoms with Crippen LogP contribution >= 0.6 is 17.7 Å². The molecule has 1 nitrogen and oxygen atoms in total. The molecule has 3 atom stereocenters. The summed E-state index contributed by atoms with van der Waals surface area (Å²) in [5, 5.41) is 0.336. The average molecular weight is 188 g/mol. The highest BCUT2D eigenvalue weighted by atomic mass is 32.7. The molecule has 0 aromatic carbocycles. The zero-order valence-corrected chi connectivity index (χ0v) is 8.84. The zero-order valence-electron chi connectivity index (χ0n) is 7.13. The van der Waals surface area contributed by atoms with E-state index < -0.39 is 6.34 Å². The van der Waals surface area contributed by atoms with E-state index in [0.29, 0.717) is 11.4 Å². The van der Waals surface area contributed by atoms with Gasteiger partial charge in [-0.2, -0.15) is 0 Å². The maximum Gasteiger partial charge on any atom is 0.138 e. The topological polar surface area (TPSA) is 17.1 Å². The first-order chi connectivity index (χ1) is 4.90. The summed E-state index contributed by atoms with van der Waals surface area (Å²) in [6.45, 7) is 5.91. The lowest BCUT2D eigenvalue weighted by atomic mass is 9.91. The summed E-state index contributed by atoms with van der Waals surface area (Å²) in [6.07, 6.45) is 4.13. The van der Waals surface area contributed by atoms with Crippen LogP contribution in [0.4, 0.5) is 0 Å². The largest absolute Gasteiger partial charge is 0.312 e. The van der Waals surface area contributed by atoms with E-state index in [1.165, 1.54) is 0 Å². The minimum Gasteiger partial charge on any atom is -0.312 e. The van der Waals surface area contributed by atoms with Gasteiger partial charge in [0, 0.05) is 16.8 Å². The Kier molecular flexibility index (Phi) is 2.16. The van der Waals surface area contributed by atoms with Gasteiger partial charge in [-0.3, -0.25) is 0 Å². The lowest BCUT2D eigenvalue weighted by Gasteiger charge is -2.19. The van der Waals surface area contributed by atoms with Crippen LogP contribution < -0.4 is 0 Å². The second kappa shape index (κ2) is 2.57. The number of terminal acetylenes is 1. The maximum absolute atomic E-state index is 11.7. The quantitative estimate of drug-likeness (QED) is 0.429. The number of rotatable bonds is 0. The van der Waals surface area contributed by atoms with Gasteiger partial charge in [0.15, 0.2) is 0 Å². The molecular weight excluding hydrogens is 175 g/mol. The zero-order chi connectivity index (χ0) is 8.70. The standard InChI is InChI=1S/C8H13OPS/c1-5-8(3)6-10(4,9)11-7(8)2/h1,7H,6H2,2-4H3. The first-order valence-corrected chi connectivity index (χ1v) is 7.45. The highest BCUT2D eigenvalue weighted by Gasteiger charge is 2.44. The normalized spacial score (nSPS) is 50.5. The van der Waals surface area contributed by atoms with E-state index >= 15 is 0 Å². The van der Waals surface area contributed by atoms with E-state index in [2.05, 4.69) is 12.8 Å². The molecule has 3 heteroatoms. The Morgan fingerprint density at radius 3 is 2.55 bits per heavy atom. The molecule has 62 valence electrons. The molecule has 1 fully saturated rings. The molecule has 1 heterocycles. The smallest absolute Gasteiger partial charge is 0.138 e. The van der Waals surface area contributed by atoms with E-state index in [0.717, 1.165) is 0 Å². The van der Waals surface area contributed by atoms with Crippen molar-refractivity contribution in [3.05, 3.63) is 0 Å². The third kappa shape index (κ3) is 1.66. The van der Waals surface area contributed by atoms with Crippen molar-refractivity contribution < 1.29 is 4.57 Å². The predicted molar refractivity (Wildman–Crippen MR) is 52.4 cm³/mol. The van der Waals surface area contributed by atoms with Crippen molar-refractivity contribution in [3.8, 4) is 12.3 Å². The van der Waals surface area contributed by atoms with Crippen molar-refractivity contribution in [1.29, 1.82) is 0 Å². The summed E-state index contributed by atoms with van der Waals surface area (Å²) in [7, 11) is 0. The van der Waals surface area contributed by atoms with Gasteiger partial charge in [-0.1, -0.05) is 24.2 Å². The fraction of sp³-hybridized carbons (Fsp3) is 0.750. The Morgan fingerprint density at radius 1 is 1.82 bits per heavy atom. The van der Waals surface area contributed by atoms with Gasteiger partial charge in [0.25, 0.3) is 0 Å². The van der Waals surface area contributed by atoms with Crippen molar-refractivity contribution >= 4 is 17.7 Å². The van der Waals surface area contributed by atoms with Crippen LogP contribution in [0, 0.1) is 17.8 Å². The summed E-state index contributed by atoms with van der Waals surface area (Å²) < 4.78 is 11.7. The minimum atomic E-state index is -1.96. The highest BCUT2D eigenvalue weighted by molar-refractivity contribution is 8.58. The summed E-state index contributed by atoms with van der Waals surface area (Å²) in [5.41, 5.74) is -0.144. The molecule has 1 aliphatic heterocycles. The number of hydrogen-bond acceptors (Lipinski definition) is 2. The molecule has 1 rings (SSSR count). The molecule has 1 saturated heterocycles. The van der Waals surface area contributed by atoms with Gasteiger partial charge < -0.3 is 4.57 Å². The van der Waals surface area contributed by atoms with Crippen molar-refractivity contribution in [2.45, 2.75) is 19.1 Å². The van der Waals surface area contributed by atoms with E-state index in [1.807, 2.05) is 13.6 Å². The van der Waals surface area contributed by atoms with Crippen LogP contribution in [0.25, 0.3) is 0 Å². The van der Waals surface area contributed by atoms with Gasteiger partial charge >= 0.3 is 0 Å². The summed E-state index contributed by atoms with van der Waals surface area (Å²) >= 11 is 1.57. The number of hydrogen-bond donors (Lipinski definition) is 0. The molecule has 0 bridgehead atoms. The summed E-state index contributed by atoms with van der Waals surface area (Å²) in [5.74, 6) is 2.75. The molecule has 1 aliphatic rings. The molecule has 3 unspecified atom stereocenters. The van der Waals surface area contributed by atoms with Crippen LogP contribution in [0.3, 0.4) is 0 Å². The molecule has 11 heavy (non-hydrogen) atoms. The SMILES string of the molecule is C#CC1(C)CP(C)(=O)SC1C. The van der Waals surface area contributed by atoms with Gasteiger partial charge in [0.2, 0.25) is 0 Å². The van der Waals surface area contributed by atoms with E-state index in [1.54, 1.807) is 11.4 Å². The van der Waals surface area contributed by atoms with Crippen LogP contribution in [0.2, 0.25) is 0 Å². The first-order valence-electron chi connectivity index (χ1n) is 3.62. The molecule has 0 aliphatic carbocycles. The van der Waals surface area contributed by atoms with Gasteiger partial charge in [-0.05, 0) is 13.6 Å². The summed E-state index contributed by atoms with van der Waals surface area (Å²) in [6, 6.07) is 0. The molecule has 0 N–H and O–H groups in total. The van der Waals surface area contributed by atoms with E-state index in [4.69, 9.17) is 6.42 Å². The fourth-order valence-electron chi connectivity index (χ4n) is 1.38. The predicted octanol–water partition coefficient (Wildman–Crippen LogP) is 2.67. The second-order valence-electron chi connectivity index (χ2n) is 3.48. The van der Waals surface area contributed by atoms with Crippen molar-refractivity contribution in [1.82, 2.24) is 0 Å². The van der Waals surface area contributed by atoms with Crippen molar-refractivity contribution in [3.63, 3.8) is 0 Å². The third-order valence-corrected chi connectivity index (χ3v) is 7.41. The summed E-state index contributed by atoms with van der Waals surface area (Å²) in [4.78, 5) is 0. The molecule has 0 spiro atoms. The van der Waals surface area contributed by atoms with Crippen LogP contribution in [0.15, 0.2) is 0 Å². The Bertz CT molecular complexity index is 255. The van der Waals surface area contributed by atoms with Crippen LogP contribution in [0.5, 0.6) is 0 Å². The van der Waals surface area contributed by atoms with E-state index in [9.17, 15) is 4.57 Å². The molecule has 0 amide bonds. The Morgan fingerprint density at radius 2 is 2.36 bits per heavy atom. The molecular formula is C8H13OPS.